The summed E-state index contributed by atoms with van der Waals surface area (Å²) >= 11 is 0. The summed E-state index contributed by atoms with van der Waals surface area (Å²) in [5.74, 6) is 5.42. The second-order valence-corrected chi connectivity index (χ2v) is 2.87. The summed E-state index contributed by atoms with van der Waals surface area (Å²) < 4.78 is 5.11. The van der Waals surface area contributed by atoms with Gasteiger partial charge in [-0.15, -0.1) is 0 Å². The van der Waals surface area contributed by atoms with E-state index in [0.717, 1.165) is 0 Å². The number of hydrogen-bond acceptors (Lipinski definition) is 5. The number of carbonyl (C=O) groups is 1. The molecule has 0 bridgehead atoms. The molecule has 0 unspecified atom stereocenters. The van der Waals surface area contributed by atoms with Gasteiger partial charge in [0, 0.05) is 19.7 Å². The molecule has 0 aromatic carbocycles. The number of ether oxygens (including phenoxy) is 1. The molecule has 0 aliphatic rings. The van der Waals surface area contributed by atoms with Gasteiger partial charge in [0.2, 0.25) is 0 Å². The maximum absolute atomic E-state index is 10.5. The zero-order chi connectivity index (χ0) is 10.3. The molecule has 0 rings (SSSR count). The molecule has 0 saturated heterocycles. The zero-order valence-corrected chi connectivity index (χ0v) is 8.12. The SMILES string of the molecule is CC(=O)CCOC/C(N)=C/N(C)N. The summed E-state index contributed by atoms with van der Waals surface area (Å²) in [6, 6.07) is 0. The Bertz CT molecular complexity index is 190. The first kappa shape index (κ1) is 11.9. The van der Waals surface area contributed by atoms with Crippen LogP contribution in [0.3, 0.4) is 0 Å². The lowest BCUT2D eigenvalue weighted by Gasteiger charge is -2.07. The van der Waals surface area contributed by atoms with Gasteiger partial charge in [-0.25, -0.2) is 5.84 Å². The normalized spacial score (nSPS) is 11.5. The molecule has 0 saturated carbocycles. The van der Waals surface area contributed by atoms with E-state index < -0.39 is 0 Å². The van der Waals surface area contributed by atoms with Crippen LogP contribution < -0.4 is 11.6 Å². The summed E-state index contributed by atoms with van der Waals surface area (Å²) in [5.41, 5.74) is 6.06. The quantitative estimate of drug-likeness (QED) is 0.335. The molecule has 0 fully saturated rings. The third-order valence-corrected chi connectivity index (χ3v) is 1.24. The minimum atomic E-state index is 0.110. The molecule has 0 radical (unpaired) electrons. The summed E-state index contributed by atoms with van der Waals surface area (Å²) in [5, 5.41) is 1.35. The van der Waals surface area contributed by atoms with Crippen LogP contribution in [0.25, 0.3) is 0 Å². The van der Waals surface area contributed by atoms with E-state index in [0.29, 0.717) is 25.3 Å². The average molecular weight is 187 g/mol. The third kappa shape index (κ3) is 8.84. The van der Waals surface area contributed by atoms with Crippen molar-refractivity contribution in [2.24, 2.45) is 11.6 Å². The smallest absolute Gasteiger partial charge is 0.132 e. The highest BCUT2D eigenvalue weighted by Crippen LogP contribution is 1.89. The van der Waals surface area contributed by atoms with Gasteiger partial charge in [0.05, 0.1) is 18.9 Å². The monoisotopic (exact) mass is 187 g/mol. The Morgan fingerprint density at radius 3 is 2.69 bits per heavy atom. The van der Waals surface area contributed by atoms with Gasteiger partial charge in [0.25, 0.3) is 0 Å². The fourth-order valence-electron chi connectivity index (χ4n) is 0.705. The van der Waals surface area contributed by atoms with Crippen molar-refractivity contribution >= 4 is 5.78 Å². The first-order valence-corrected chi connectivity index (χ1v) is 4.03. The summed E-state index contributed by atoms with van der Waals surface area (Å²) in [4.78, 5) is 10.5. The van der Waals surface area contributed by atoms with E-state index >= 15 is 0 Å². The van der Waals surface area contributed by atoms with Crippen LogP contribution in [0.4, 0.5) is 0 Å². The van der Waals surface area contributed by atoms with E-state index in [-0.39, 0.29) is 5.78 Å². The molecule has 13 heavy (non-hydrogen) atoms. The molecule has 0 aliphatic carbocycles. The molecule has 0 aromatic rings. The molecule has 0 heterocycles. The standard InChI is InChI=1S/C8H17N3O2/c1-7(12)3-4-13-6-8(9)5-11(2)10/h5H,3-4,6,9-10H2,1-2H3/b8-5-. The van der Waals surface area contributed by atoms with Gasteiger partial charge in [-0.1, -0.05) is 0 Å². The number of ketones is 1. The van der Waals surface area contributed by atoms with E-state index in [1.54, 1.807) is 13.2 Å². The fourth-order valence-corrected chi connectivity index (χ4v) is 0.705. The van der Waals surface area contributed by atoms with Crippen LogP contribution in [0.5, 0.6) is 0 Å². The van der Waals surface area contributed by atoms with Crippen LogP contribution in [0.2, 0.25) is 0 Å². The van der Waals surface area contributed by atoms with E-state index in [9.17, 15) is 4.79 Å². The Labute approximate surface area is 78.3 Å². The van der Waals surface area contributed by atoms with E-state index in [4.69, 9.17) is 16.3 Å². The maximum atomic E-state index is 10.5. The minimum Gasteiger partial charge on any atom is -0.399 e. The number of nitrogens with zero attached hydrogens (tertiary/aromatic N) is 1. The van der Waals surface area contributed by atoms with Crippen LogP contribution in [0.1, 0.15) is 13.3 Å². The average Bonchev–Trinajstić information content (AvgIpc) is 1.96. The lowest BCUT2D eigenvalue weighted by Crippen LogP contribution is -2.22. The zero-order valence-electron chi connectivity index (χ0n) is 8.12. The third-order valence-electron chi connectivity index (χ3n) is 1.24. The molecule has 0 atom stereocenters. The summed E-state index contributed by atoms with van der Waals surface area (Å²) in [6.45, 7) is 2.23. The lowest BCUT2D eigenvalue weighted by atomic mass is 10.3. The Morgan fingerprint density at radius 2 is 2.23 bits per heavy atom. The van der Waals surface area contributed by atoms with Crippen molar-refractivity contribution in [3.63, 3.8) is 0 Å². The molecular weight excluding hydrogens is 170 g/mol. The molecule has 5 nitrogen and oxygen atoms in total. The number of carbonyl (C=O) groups excluding carboxylic acids is 1. The molecule has 0 spiro atoms. The molecule has 0 aliphatic heterocycles. The van der Waals surface area contributed by atoms with Crippen molar-refractivity contribution in [1.29, 1.82) is 0 Å². The molecule has 4 N–H and O–H groups in total. The lowest BCUT2D eigenvalue weighted by molar-refractivity contribution is -0.117. The molecule has 0 amide bonds. The van der Waals surface area contributed by atoms with Gasteiger partial charge < -0.3 is 15.5 Å². The van der Waals surface area contributed by atoms with Crippen molar-refractivity contribution in [1.82, 2.24) is 5.01 Å². The Hall–Kier alpha value is -1.07. The number of Topliss-reactive ketones (excluding diaryl/α,β-unsaturated/α-hetero) is 1. The highest BCUT2D eigenvalue weighted by atomic mass is 16.5. The first-order valence-electron chi connectivity index (χ1n) is 4.03. The predicted molar refractivity (Wildman–Crippen MR) is 50.3 cm³/mol. The molecule has 0 aromatic heterocycles. The summed E-state index contributed by atoms with van der Waals surface area (Å²) in [7, 11) is 1.67. The number of hydrazine groups is 1. The van der Waals surface area contributed by atoms with Crippen molar-refractivity contribution < 1.29 is 9.53 Å². The van der Waals surface area contributed by atoms with Crippen LogP contribution in [-0.2, 0) is 9.53 Å². The first-order chi connectivity index (χ1) is 6.02. The van der Waals surface area contributed by atoms with Crippen molar-refractivity contribution in [2.75, 3.05) is 20.3 Å². The second kappa shape index (κ2) is 6.45. The van der Waals surface area contributed by atoms with Crippen LogP contribution in [-0.4, -0.2) is 31.1 Å². The second-order valence-electron chi connectivity index (χ2n) is 2.87. The summed E-state index contributed by atoms with van der Waals surface area (Å²) in [6.07, 6.45) is 1.99. The minimum absolute atomic E-state index is 0.110. The van der Waals surface area contributed by atoms with Crippen LogP contribution in [0.15, 0.2) is 11.9 Å². The van der Waals surface area contributed by atoms with E-state index in [2.05, 4.69) is 0 Å². The van der Waals surface area contributed by atoms with Crippen LogP contribution >= 0.6 is 0 Å². The van der Waals surface area contributed by atoms with Gasteiger partial charge in [-0.3, -0.25) is 4.79 Å². The van der Waals surface area contributed by atoms with Crippen molar-refractivity contribution in [3.05, 3.63) is 11.9 Å². The number of nitrogens with two attached hydrogens (primary N) is 2. The van der Waals surface area contributed by atoms with Crippen molar-refractivity contribution in [2.45, 2.75) is 13.3 Å². The highest BCUT2D eigenvalue weighted by Gasteiger charge is 1.95. The maximum Gasteiger partial charge on any atom is 0.132 e. The van der Waals surface area contributed by atoms with Gasteiger partial charge in [-0.05, 0) is 6.92 Å². The van der Waals surface area contributed by atoms with Gasteiger partial charge in [0.15, 0.2) is 0 Å². The fraction of sp³-hybridized carbons (Fsp3) is 0.625. The van der Waals surface area contributed by atoms with Gasteiger partial charge >= 0.3 is 0 Å². The predicted octanol–water partition coefficient (Wildman–Crippen LogP) is -0.412. The molecule has 76 valence electrons. The number of rotatable bonds is 6. The van der Waals surface area contributed by atoms with E-state index in [1.807, 2.05) is 0 Å². The topological polar surface area (TPSA) is 81.6 Å². The largest absolute Gasteiger partial charge is 0.399 e. The Balaban J connectivity index is 3.48. The molecule has 5 heteroatoms. The van der Waals surface area contributed by atoms with Gasteiger partial charge in [0.1, 0.15) is 5.78 Å². The Morgan fingerprint density at radius 1 is 1.62 bits per heavy atom. The highest BCUT2D eigenvalue weighted by molar-refractivity contribution is 5.75. The van der Waals surface area contributed by atoms with E-state index in [1.165, 1.54) is 11.9 Å². The van der Waals surface area contributed by atoms with Gasteiger partial charge in [-0.2, -0.15) is 0 Å². The number of hydrogen-bond donors (Lipinski definition) is 2. The van der Waals surface area contributed by atoms with Crippen LogP contribution in [0, 0.1) is 0 Å². The van der Waals surface area contributed by atoms with Crippen molar-refractivity contribution in [3.8, 4) is 0 Å². The Kier molecular flexibility index (Phi) is 5.92. The molecular formula is C8H17N3O2.